The van der Waals surface area contributed by atoms with E-state index in [1.807, 2.05) is 36.7 Å². The fourth-order valence-electron chi connectivity index (χ4n) is 3.20. The first-order valence-corrected chi connectivity index (χ1v) is 8.45. The fraction of sp³-hybridized carbons (Fsp3) is 0.421. The third-order valence-corrected chi connectivity index (χ3v) is 4.44. The standard InChI is InChI=1S/C19H24N4O2/c1-6-14(11-24-4)23-18-17(22-19(23)25-5)16(9-10-20-18)15-8-7-12(2)21-13(15)3/h7-10,14H,6,11H2,1-5H3. The molecule has 132 valence electrons. The average molecular weight is 340 g/mol. The van der Waals surface area contributed by atoms with Crippen molar-refractivity contribution >= 4 is 11.2 Å². The summed E-state index contributed by atoms with van der Waals surface area (Å²) in [6.07, 6.45) is 2.71. The van der Waals surface area contributed by atoms with Crippen molar-refractivity contribution in [1.82, 2.24) is 19.5 Å². The van der Waals surface area contributed by atoms with E-state index in [9.17, 15) is 0 Å². The lowest BCUT2D eigenvalue weighted by atomic mass is 10.0. The zero-order valence-corrected chi connectivity index (χ0v) is 15.4. The molecule has 3 aromatic rings. The summed E-state index contributed by atoms with van der Waals surface area (Å²) in [5.74, 6) is 0. The van der Waals surface area contributed by atoms with Crippen LogP contribution in [-0.2, 0) is 4.74 Å². The van der Waals surface area contributed by atoms with Gasteiger partial charge in [-0.1, -0.05) is 13.0 Å². The highest BCUT2D eigenvalue weighted by molar-refractivity contribution is 5.91. The topological polar surface area (TPSA) is 62.1 Å². The number of rotatable bonds is 6. The third kappa shape index (κ3) is 3.09. The monoisotopic (exact) mass is 340 g/mol. The van der Waals surface area contributed by atoms with Crippen molar-refractivity contribution < 1.29 is 9.47 Å². The van der Waals surface area contributed by atoms with Gasteiger partial charge >= 0.3 is 0 Å². The second kappa shape index (κ2) is 7.19. The van der Waals surface area contributed by atoms with Crippen molar-refractivity contribution in [3.8, 4) is 17.1 Å². The lowest BCUT2D eigenvalue weighted by Gasteiger charge is -2.18. The number of ether oxygens (including phenoxy) is 2. The number of aryl methyl sites for hydroxylation is 2. The Morgan fingerprint density at radius 2 is 1.88 bits per heavy atom. The zero-order valence-electron chi connectivity index (χ0n) is 15.4. The van der Waals surface area contributed by atoms with Gasteiger partial charge in [0.05, 0.1) is 19.8 Å². The highest BCUT2D eigenvalue weighted by atomic mass is 16.5. The lowest BCUT2D eigenvalue weighted by molar-refractivity contribution is 0.149. The Balaban J connectivity index is 2.25. The summed E-state index contributed by atoms with van der Waals surface area (Å²) in [6, 6.07) is 6.75. The Labute approximate surface area is 147 Å². The van der Waals surface area contributed by atoms with Crippen LogP contribution in [0.1, 0.15) is 30.8 Å². The largest absolute Gasteiger partial charge is 0.468 e. The van der Waals surface area contributed by atoms with E-state index in [4.69, 9.17) is 14.5 Å². The number of imidazole rings is 1. The number of hydrogen-bond acceptors (Lipinski definition) is 5. The van der Waals surface area contributed by atoms with Gasteiger partial charge in [0.1, 0.15) is 5.52 Å². The van der Waals surface area contributed by atoms with Gasteiger partial charge in [-0.05, 0) is 32.4 Å². The van der Waals surface area contributed by atoms with E-state index >= 15 is 0 Å². The molecular formula is C19H24N4O2. The Kier molecular flexibility index (Phi) is 4.99. The van der Waals surface area contributed by atoms with Gasteiger partial charge in [0.15, 0.2) is 5.65 Å². The predicted molar refractivity (Wildman–Crippen MR) is 98.0 cm³/mol. The van der Waals surface area contributed by atoms with E-state index in [1.165, 1.54) is 0 Å². The summed E-state index contributed by atoms with van der Waals surface area (Å²) in [6.45, 7) is 6.71. The molecule has 25 heavy (non-hydrogen) atoms. The third-order valence-electron chi connectivity index (χ3n) is 4.44. The number of aromatic nitrogens is 4. The van der Waals surface area contributed by atoms with Gasteiger partial charge in [-0.15, -0.1) is 0 Å². The molecule has 0 aliphatic carbocycles. The maximum Gasteiger partial charge on any atom is 0.298 e. The van der Waals surface area contributed by atoms with Crippen molar-refractivity contribution in [2.75, 3.05) is 20.8 Å². The first-order chi connectivity index (χ1) is 12.1. The van der Waals surface area contributed by atoms with Gasteiger partial charge in [0.25, 0.3) is 6.01 Å². The highest BCUT2D eigenvalue weighted by Crippen LogP contribution is 2.33. The van der Waals surface area contributed by atoms with Crippen LogP contribution in [0.15, 0.2) is 24.4 Å². The summed E-state index contributed by atoms with van der Waals surface area (Å²) in [5.41, 5.74) is 5.68. The van der Waals surface area contributed by atoms with Crippen molar-refractivity contribution in [2.24, 2.45) is 0 Å². The Hall–Kier alpha value is -2.47. The Morgan fingerprint density at radius 3 is 2.52 bits per heavy atom. The first kappa shape index (κ1) is 17.4. The second-order valence-corrected chi connectivity index (χ2v) is 6.10. The molecule has 0 spiro atoms. The smallest absolute Gasteiger partial charge is 0.298 e. The maximum atomic E-state index is 5.54. The van der Waals surface area contributed by atoms with Crippen molar-refractivity contribution in [2.45, 2.75) is 33.2 Å². The molecule has 3 aromatic heterocycles. The summed E-state index contributed by atoms with van der Waals surface area (Å²) >= 11 is 0. The maximum absolute atomic E-state index is 5.54. The number of hydrogen-bond donors (Lipinski definition) is 0. The van der Waals surface area contributed by atoms with Crippen molar-refractivity contribution in [3.63, 3.8) is 0 Å². The molecule has 0 aliphatic heterocycles. The van der Waals surface area contributed by atoms with E-state index in [1.54, 1.807) is 14.2 Å². The SMILES string of the molecule is CCC(COC)n1c(OC)nc2c(-c3ccc(C)nc3C)ccnc21. The van der Waals surface area contributed by atoms with Gasteiger partial charge < -0.3 is 9.47 Å². The molecule has 0 fully saturated rings. The van der Waals surface area contributed by atoms with E-state index in [0.717, 1.165) is 40.1 Å². The second-order valence-electron chi connectivity index (χ2n) is 6.10. The molecular weight excluding hydrogens is 316 g/mol. The molecule has 0 aromatic carbocycles. The molecule has 0 N–H and O–H groups in total. The van der Waals surface area contributed by atoms with Crippen LogP contribution < -0.4 is 4.74 Å². The van der Waals surface area contributed by atoms with E-state index in [2.05, 4.69) is 23.0 Å². The van der Waals surface area contributed by atoms with Crippen LogP contribution in [0.4, 0.5) is 0 Å². The van der Waals surface area contributed by atoms with Gasteiger partial charge in [0.2, 0.25) is 0 Å². The Bertz CT molecular complexity index is 889. The normalized spacial score (nSPS) is 12.5. The summed E-state index contributed by atoms with van der Waals surface area (Å²) in [5, 5.41) is 0. The van der Waals surface area contributed by atoms with Crippen molar-refractivity contribution in [3.05, 3.63) is 35.8 Å². The highest BCUT2D eigenvalue weighted by Gasteiger charge is 2.22. The molecule has 1 unspecified atom stereocenters. The minimum atomic E-state index is 0.116. The number of nitrogens with zero attached hydrogens (tertiary/aromatic N) is 4. The van der Waals surface area contributed by atoms with Gasteiger partial charge in [-0.25, -0.2) is 4.98 Å². The molecule has 0 radical (unpaired) electrons. The molecule has 0 saturated carbocycles. The molecule has 0 amide bonds. The number of methoxy groups -OCH3 is 2. The van der Waals surface area contributed by atoms with Crippen LogP contribution in [0.25, 0.3) is 22.3 Å². The Morgan fingerprint density at radius 1 is 1.08 bits per heavy atom. The van der Waals surface area contributed by atoms with Crippen LogP contribution in [0, 0.1) is 13.8 Å². The number of pyridine rings is 2. The first-order valence-electron chi connectivity index (χ1n) is 8.45. The van der Waals surface area contributed by atoms with Gasteiger partial charge in [-0.3, -0.25) is 9.55 Å². The van der Waals surface area contributed by atoms with E-state index in [0.29, 0.717) is 12.6 Å². The fourth-order valence-corrected chi connectivity index (χ4v) is 3.20. The summed E-state index contributed by atoms with van der Waals surface area (Å²) in [7, 11) is 3.34. The van der Waals surface area contributed by atoms with Crippen LogP contribution in [0.3, 0.4) is 0 Å². The number of fused-ring (bicyclic) bond motifs is 1. The van der Waals surface area contributed by atoms with Crippen molar-refractivity contribution in [1.29, 1.82) is 0 Å². The van der Waals surface area contributed by atoms with Crippen LogP contribution in [0.5, 0.6) is 6.01 Å². The molecule has 1 atom stereocenters. The summed E-state index contributed by atoms with van der Waals surface area (Å²) < 4.78 is 12.9. The molecule has 0 saturated heterocycles. The molecule has 0 bridgehead atoms. The van der Waals surface area contributed by atoms with Gasteiger partial charge in [-0.2, -0.15) is 4.98 Å². The minimum Gasteiger partial charge on any atom is -0.468 e. The molecule has 3 heterocycles. The van der Waals surface area contributed by atoms with E-state index in [-0.39, 0.29) is 6.04 Å². The average Bonchev–Trinajstić information content (AvgIpc) is 2.98. The molecule has 6 nitrogen and oxygen atoms in total. The van der Waals surface area contributed by atoms with Crippen LogP contribution >= 0.6 is 0 Å². The minimum absolute atomic E-state index is 0.116. The lowest BCUT2D eigenvalue weighted by Crippen LogP contribution is -2.15. The molecule has 3 rings (SSSR count). The van der Waals surface area contributed by atoms with Gasteiger partial charge in [0, 0.05) is 35.8 Å². The quantitative estimate of drug-likeness (QED) is 0.684. The molecule has 0 aliphatic rings. The van der Waals surface area contributed by atoms with E-state index < -0.39 is 0 Å². The summed E-state index contributed by atoms with van der Waals surface area (Å²) in [4.78, 5) is 13.9. The molecule has 6 heteroatoms. The van der Waals surface area contributed by atoms with Crippen LogP contribution in [-0.4, -0.2) is 40.3 Å². The zero-order chi connectivity index (χ0) is 18.0. The van der Waals surface area contributed by atoms with Crippen LogP contribution in [0.2, 0.25) is 0 Å². The predicted octanol–water partition coefficient (Wildman–Crippen LogP) is 3.72.